The van der Waals surface area contributed by atoms with Gasteiger partial charge in [-0.2, -0.15) is 0 Å². The SMILES string of the molecule is COc1ncc(Cc2ccc(Cl)cc2Cl)c(C)n1. The molecule has 0 saturated carbocycles. The summed E-state index contributed by atoms with van der Waals surface area (Å²) in [6, 6.07) is 5.84. The first-order chi connectivity index (χ1) is 8.60. The number of nitrogens with zero attached hydrogens (tertiary/aromatic N) is 2. The molecule has 1 aromatic carbocycles. The molecule has 0 spiro atoms. The molecule has 0 aliphatic rings. The van der Waals surface area contributed by atoms with Crippen LogP contribution in [0, 0.1) is 6.92 Å². The Balaban J connectivity index is 2.28. The number of halogens is 2. The van der Waals surface area contributed by atoms with Gasteiger partial charge in [0.2, 0.25) is 0 Å². The Labute approximate surface area is 116 Å². The summed E-state index contributed by atoms with van der Waals surface area (Å²) in [4.78, 5) is 8.33. The van der Waals surface area contributed by atoms with Gasteiger partial charge in [-0.25, -0.2) is 9.97 Å². The van der Waals surface area contributed by atoms with E-state index in [1.54, 1.807) is 19.4 Å². The Morgan fingerprint density at radius 1 is 1.22 bits per heavy atom. The lowest BCUT2D eigenvalue weighted by atomic mass is 10.1. The van der Waals surface area contributed by atoms with Gasteiger partial charge >= 0.3 is 6.01 Å². The molecule has 0 saturated heterocycles. The molecule has 1 heterocycles. The van der Waals surface area contributed by atoms with E-state index in [0.717, 1.165) is 16.8 Å². The fourth-order valence-electron chi connectivity index (χ4n) is 1.61. The average molecular weight is 283 g/mol. The molecule has 94 valence electrons. The topological polar surface area (TPSA) is 35.0 Å². The Hall–Kier alpha value is -1.32. The van der Waals surface area contributed by atoms with Crippen molar-refractivity contribution in [3.63, 3.8) is 0 Å². The normalized spacial score (nSPS) is 10.4. The molecule has 0 radical (unpaired) electrons. The van der Waals surface area contributed by atoms with Gasteiger partial charge in [0.15, 0.2) is 0 Å². The third kappa shape index (κ3) is 2.92. The van der Waals surface area contributed by atoms with Gasteiger partial charge in [-0.05, 0) is 30.2 Å². The lowest BCUT2D eigenvalue weighted by Gasteiger charge is -2.08. The molecule has 0 amide bonds. The second-order valence-corrected chi connectivity index (χ2v) is 4.72. The van der Waals surface area contributed by atoms with Crippen LogP contribution in [-0.2, 0) is 6.42 Å². The molecule has 3 nitrogen and oxygen atoms in total. The zero-order chi connectivity index (χ0) is 13.1. The van der Waals surface area contributed by atoms with E-state index < -0.39 is 0 Å². The van der Waals surface area contributed by atoms with E-state index in [1.807, 2.05) is 19.1 Å². The molecule has 0 unspecified atom stereocenters. The van der Waals surface area contributed by atoms with Gasteiger partial charge in [0.1, 0.15) is 0 Å². The fourth-order valence-corrected chi connectivity index (χ4v) is 2.09. The summed E-state index contributed by atoms with van der Waals surface area (Å²) in [6.07, 6.45) is 2.43. The molecular formula is C13H12Cl2N2O. The Morgan fingerprint density at radius 3 is 2.61 bits per heavy atom. The van der Waals surface area contributed by atoms with Gasteiger partial charge in [0.05, 0.1) is 7.11 Å². The fraction of sp³-hybridized carbons (Fsp3) is 0.231. The molecule has 2 aromatic rings. The van der Waals surface area contributed by atoms with Crippen LogP contribution < -0.4 is 4.74 Å². The zero-order valence-corrected chi connectivity index (χ0v) is 11.6. The zero-order valence-electron chi connectivity index (χ0n) is 10.1. The van der Waals surface area contributed by atoms with Gasteiger partial charge in [0, 0.05) is 28.4 Å². The molecule has 5 heteroatoms. The van der Waals surface area contributed by atoms with Crippen molar-refractivity contribution < 1.29 is 4.74 Å². The first-order valence-electron chi connectivity index (χ1n) is 5.40. The van der Waals surface area contributed by atoms with Crippen molar-refractivity contribution >= 4 is 23.2 Å². The summed E-state index contributed by atoms with van der Waals surface area (Å²) in [7, 11) is 1.55. The minimum absolute atomic E-state index is 0.374. The molecular weight excluding hydrogens is 271 g/mol. The lowest BCUT2D eigenvalue weighted by molar-refractivity contribution is 0.378. The number of hydrogen-bond acceptors (Lipinski definition) is 3. The maximum Gasteiger partial charge on any atom is 0.316 e. The quantitative estimate of drug-likeness (QED) is 0.861. The number of benzene rings is 1. The van der Waals surface area contributed by atoms with E-state index >= 15 is 0 Å². The molecule has 0 bridgehead atoms. The third-order valence-corrected chi connectivity index (χ3v) is 3.22. The highest BCUT2D eigenvalue weighted by atomic mass is 35.5. The Bertz CT molecular complexity index is 573. The first kappa shape index (κ1) is 13.1. The van der Waals surface area contributed by atoms with Crippen molar-refractivity contribution in [2.45, 2.75) is 13.3 Å². The van der Waals surface area contributed by atoms with Crippen LogP contribution in [0.25, 0.3) is 0 Å². The van der Waals surface area contributed by atoms with Gasteiger partial charge < -0.3 is 4.74 Å². The van der Waals surface area contributed by atoms with Crippen molar-refractivity contribution in [1.29, 1.82) is 0 Å². The predicted octanol–water partition coefficient (Wildman–Crippen LogP) is 3.69. The van der Waals surface area contributed by atoms with Crippen LogP contribution in [0.1, 0.15) is 16.8 Å². The van der Waals surface area contributed by atoms with Crippen molar-refractivity contribution in [2.75, 3.05) is 7.11 Å². The molecule has 0 fully saturated rings. The van der Waals surface area contributed by atoms with Crippen molar-refractivity contribution in [2.24, 2.45) is 0 Å². The number of methoxy groups -OCH3 is 1. The van der Waals surface area contributed by atoms with Gasteiger partial charge in [-0.3, -0.25) is 0 Å². The van der Waals surface area contributed by atoms with Gasteiger partial charge in [-0.1, -0.05) is 29.3 Å². The Morgan fingerprint density at radius 2 is 2.00 bits per heavy atom. The van der Waals surface area contributed by atoms with Gasteiger partial charge in [-0.15, -0.1) is 0 Å². The van der Waals surface area contributed by atoms with E-state index in [4.69, 9.17) is 27.9 Å². The van der Waals surface area contributed by atoms with Crippen LogP contribution in [0.15, 0.2) is 24.4 Å². The molecule has 2 rings (SSSR count). The number of ether oxygens (including phenoxy) is 1. The summed E-state index contributed by atoms with van der Waals surface area (Å²) in [5.41, 5.74) is 2.89. The summed E-state index contributed by atoms with van der Waals surface area (Å²) < 4.78 is 4.97. The summed E-state index contributed by atoms with van der Waals surface area (Å²) in [5, 5.41) is 1.28. The van der Waals surface area contributed by atoms with Crippen molar-refractivity contribution in [3.05, 3.63) is 51.3 Å². The van der Waals surface area contributed by atoms with Crippen LogP contribution in [0.4, 0.5) is 0 Å². The van der Waals surface area contributed by atoms with Gasteiger partial charge in [0.25, 0.3) is 0 Å². The lowest BCUT2D eigenvalue weighted by Crippen LogP contribution is -2.00. The van der Waals surface area contributed by atoms with E-state index in [2.05, 4.69) is 9.97 Å². The van der Waals surface area contributed by atoms with E-state index in [0.29, 0.717) is 22.5 Å². The number of aryl methyl sites for hydroxylation is 1. The molecule has 18 heavy (non-hydrogen) atoms. The standard InChI is InChI=1S/C13H12Cl2N2O/c1-8-10(7-16-13(17-8)18-2)5-9-3-4-11(14)6-12(9)15/h3-4,6-7H,5H2,1-2H3. The minimum Gasteiger partial charge on any atom is -0.467 e. The van der Waals surface area contributed by atoms with E-state index in [1.165, 1.54) is 0 Å². The monoisotopic (exact) mass is 282 g/mol. The van der Waals surface area contributed by atoms with Crippen LogP contribution in [0.2, 0.25) is 10.0 Å². The molecule has 0 aliphatic carbocycles. The van der Waals surface area contributed by atoms with E-state index in [9.17, 15) is 0 Å². The molecule has 1 aromatic heterocycles. The summed E-state index contributed by atoms with van der Waals surface area (Å²) in [5.74, 6) is 0. The van der Waals surface area contributed by atoms with Crippen LogP contribution >= 0.6 is 23.2 Å². The smallest absolute Gasteiger partial charge is 0.316 e. The summed E-state index contributed by atoms with van der Waals surface area (Å²) in [6.45, 7) is 1.92. The second-order valence-electron chi connectivity index (χ2n) is 3.88. The molecule has 0 atom stereocenters. The maximum atomic E-state index is 6.14. The Kier molecular flexibility index (Phi) is 4.04. The first-order valence-corrected chi connectivity index (χ1v) is 6.16. The number of rotatable bonds is 3. The van der Waals surface area contributed by atoms with Crippen LogP contribution in [-0.4, -0.2) is 17.1 Å². The molecule has 0 aliphatic heterocycles. The highest BCUT2D eigenvalue weighted by molar-refractivity contribution is 6.35. The second kappa shape index (κ2) is 5.55. The third-order valence-electron chi connectivity index (χ3n) is 2.64. The maximum absolute atomic E-state index is 6.14. The average Bonchev–Trinajstić information content (AvgIpc) is 2.34. The van der Waals surface area contributed by atoms with Crippen molar-refractivity contribution in [1.82, 2.24) is 9.97 Å². The van der Waals surface area contributed by atoms with E-state index in [-0.39, 0.29) is 0 Å². The van der Waals surface area contributed by atoms with Crippen molar-refractivity contribution in [3.8, 4) is 6.01 Å². The van der Waals surface area contributed by atoms with Crippen LogP contribution in [0.3, 0.4) is 0 Å². The minimum atomic E-state index is 0.374. The highest BCUT2D eigenvalue weighted by Crippen LogP contribution is 2.24. The predicted molar refractivity (Wildman–Crippen MR) is 72.6 cm³/mol. The number of aromatic nitrogens is 2. The summed E-state index contributed by atoms with van der Waals surface area (Å²) >= 11 is 12.0. The molecule has 0 N–H and O–H groups in total. The van der Waals surface area contributed by atoms with Crippen LogP contribution in [0.5, 0.6) is 6.01 Å². The largest absolute Gasteiger partial charge is 0.467 e. The number of hydrogen-bond donors (Lipinski definition) is 0. The highest BCUT2D eigenvalue weighted by Gasteiger charge is 2.07.